The van der Waals surface area contributed by atoms with Gasteiger partial charge in [0.05, 0.1) is 0 Å². The Morgan fingerprint density at radius 3 is 2.78 bits per heavy atom. The first-order valence-corrected chi connectivity index (χ1v) is 8.21. The number of fused-ring (bicyclic) bond motifs is 1. The Balaban J connectivity index is 1.52. The van der Waals surface area contributed by atoms with Crippen LogP contribution in [-0.4, -0.2) is 24.7 Å². The number of amides is 1. The highest BCUT2D eigenvalue weighted by molar-refractivity contribution is 5.90. The standard InChI is InChI=1S/C18H22N4O/c1-2-3-9-18(21-22-18)10-6-17(23)20-16-5-4-14-7-11-19-12-8-15(14)13-16/h1,4-5,13,19H,3,6-12H2,(H,20,23). The Morgan fingerprint density at radius 2 is 2.04 bits per heavy atom. The molecule has 0 unspecified atom stereocenters. The molecule has 5 nitrogen and oxygen atoms in total. The van der Waals surface area contributed by atoms with Crippen LogP contribution in [0.5, 0.6) is 0 Å². The average molecular weight is 310 g/mol. The van der Waals surface area contributed by atoms with Gasteiger partial charge in [-0.15, -0.1) is 12.3 Å². The average Bonchev–Trinajstić information content (AvgIpc) is 3.35. The molecule has 0 saturated carbocycles. The van der Waals surface area contributed by atoms with Crippen LogP contribution in [0.1, 0.15) is 36.8 Å². The summed E-state index contributed by atoms with van der Waals surface area (Å²) in [5, 5.41) is 14.5. The van der Waals surface area contributed by atoms with Gasteiger partial charge in [0.25, 0.3) is 0 Å². The Hall–Kier alpha value is -2.19. The zero-order chi connectivity index (χ0) is 16.1. The van der Waals surface area contributed by atoms with Gasteiger partial charge in [0.2, 0.25) is 5.91 Å². The highest BCUT2D eigenvalue weighted by atomic mass is 16.1. The summed E-state index contributed by atoms with van der Waals surface area (Å²) in [5.41, 5.74) is 3.18. The Bertz CT molecular complexity index is 653. The molecule has 0 bridgehead atoms. The Morgan fingerprint density at radius 1 is 1.26 bits per heavy atom. The van der Waals surface area contributed by atoms with Gasteiger partial charge in [-0.05, 0) is 49.2 Å². The third-order valence-corrected chi connectivity index (χ3v) is 4.44. The van der Waals surface area contributed by atoms with Crippen molar-refractivity contribution in [1.29, 1.82) is 0 Å². The van der Waals surface area contributed by atoms with Gasteiger partial charge in [0.15, 0.2) is 5.66 Å². The number of anilines is 1. The number of carbonyl (C=O) groups is 1. The number of hydrogen-bond acceptors (Lipinski definition) is 4. The molecule has 1 aromatic rings. The van der Waals surface area contributed by atoms with Crippen molar-refractivity contribution in [2.45, 2.75) is 44.2 Å². The summed E-state index contributed by atoms with van der Waals surface area (Å²) >= 11 is 0. The third-order valence-electron chi connectivity index (χ3n) is 4.44. The predicted octanol–water partition coefficient (Wildman–Crippen LogP) is 2.67. The number of terminal acetylenes is 1. The molecule has 1 aromatic carbocycles. The Labute approximate surface area is 137 Å². The molecule has 23 heavy (non-hydrogen) atoms. The fourth-order valence-corrected chi connectivity index (χ4v) is 2.96. The van der Waals surface area contributed by atoms with E-state index in [9.17, 15) is 4.79 Å². The monoisotopic (exact) mass is 310 g/mol. The minimum atomic E-state index is -0.386. The summed E-state index contributed by atoms with van der Waals surface area (Å²) in [6.07, 6.45) is 9.76. The van der Waals surface area contributed by atoms with E-state index in [1.165, 1.54) is 11.1 Å². The van der Waals surface area contributed by atoms with Gasteiger partial charge in [-0.25, -0.2) is 0 Å². The number of nitrogens with one attached hydrogen (secondary N) is 2. The number of carbonyl (C=O) groups excluding carboxylic acids is 1. The number of hydrogen-bond donors (Lipinski definition) is 2. The quantitative estimate of drug-likeness (QED) is 0.793. The minimum absolute atomic E-state index is 0.00841. The lowest BCUT2D eigenvalue weighted by atomic mass is 10.0. The van der Waals surface area contributed by atoms with Crippen LogP contribution >= 0.6 is 0 Å². The summed E-state index contributed by atoms with van der Waals surface area (Å²) in [5.74, 6) is 2.61. The fraction of sp³-hybridized carbons (Fsp3) is 0.500. The molecule has 0 saturated heterocycles. The predicted molar refractivity (Wildman–Crippen MR) is 90.2 cm³/mol. The van der Waals surface area contributed by atoms with Gasteiger partial charge >= 0.3 is 0 Å². The van der Waals surface area contributed by atoms with E-state index in [1.54, 1.807) is 0 Å². The van der Waals surface area contributed by atoms with E-state index >= 15 is 0 Å². The summed E-state index contributed by atoms with van der Waals surface area (Å²) in [7, 11) is 0. The van der Waals surface area contributed by atoms with Crippen LogP contribution in [0.15, 0.2) is 28.4 Å². The van der Waals surface area contributed by atoms with E-state index in [0.29, 0.717) is 19.3 Å². The summed E-state index contributed by atoms with van der Waals surface area (Å²) in [6.45, 7) is 2.01. The second-order valence-corrected chi connectivity index (χ2v) is 6.17. The molecule has 2 aliphatic rings. The molecule has 2 heterocycles. The first-order valence-electron chi connectivity index (χ1n) is 8.21. The second-order valence-electron chi connectivity index (χ2n) is 6.17. The van der Waals surface area contributed by atoms with Crippen molar-refractivity contribution in [3.63, 3.8) is 0 Å². The SMILES string of the molecule is C#CCCC1(CCC(=O)Nc2ccc3c(c2)CCNCC3)N=N1. The number of nitrogens with zero attached hydrogens (tertiary/aromatic N) is 2. The van der Waals surface area contributed by atoms with Gasteiger partial charge in [0.1, 0.15) is 0 Å². The highest BCUT2D eigenvalue weighted by Crippen LogP contribution is 2.37. The van der Waals surface area contributed by atoms with Crippen LogP contribution < -0.4 is 10.6 Å². The van der Waals surface area contributed by atoms with E-state index < -0.39 is 0 Å². The second kappa shape index (κ2) is 6.93. The van der Waals surface area contributed by atoms with Gasteiger partial charge in [0, 0.05) is 31.4 Å². The largest absolute Gasteiger partial charge is 0.326 e. The van der Waals surface area contributed by atoms with Crippen molar-refractivity contribution in [3.05, 3.63) is 29.3 Å². The first-order chi connectivity index (χ1) is 11.2. The van der Waals surface area contributed by atoms with Crippen molar-refractivity contribution in [3.8, 4) is 12.3 Å². The number of benzene rings is 1. The van der Waals surface area contributed by atoms with E-state index in [4.69, 9.17) is 6.42 Å². The molecule has 1 amide bonds. The van der Waals surface area contributed by atoms with Crippen LogP contribution in [0.3, 0.4) is 0 Å². The summed E-state index contributed by atoms with van der Waals surface area (Å²) in [4.78, 5) is 12.1. The van der Waals surface area contributed by atoms with Crippen LogP contribution in [0.4, 0.5) is 5.69 Å². The van der Waals surface area contributed by atoms with Gasteiger partial charge in [-0.1, -0.05) is 6.07 Å². The van der Waals surface area contributed by atoms with E-state index in [0.717, 1.165) is 38.0 Å². The molecular weight excluding hydrogens is 288 g/mol. The maximum Gasteiger partial charge on any atom is 0.224 e. The normalized spacial score (nSPS) is 17.7. The molecule has 120 valence electrons. The molecular formula is C18H22N4O. The molecule has 0 aromatic heterocycles. The summed E-state index contributed by atoms with van der Waals surface area (Å²) < 4.78 is 0. The maximum absolute atomic E-state index is 12.1. The smallest absolute Gasteiger partial charge is 0.224 e. The van der Waals surface area contributed by atoms with Crippen LogP contribution in [0.25, 0.3) is 0 Å². The topological polar surface area (TPSA) is 65.8 Å². The van der Waals surface area contributed by atoms with Gasteiger partial charge in [-0.3, -0.25) is 4.79 Å². The molecule has 0 aliphatic carbocycles. The first kappa shape index (κ1) is 15.7. The lowest BCUT2D eigenvalue weighted by molar-refractivity contribution is -0.116. The molecule has 2 aliphatic heterocycles. The number of rotatable bonds is 6. The zero-order valence-electron chi connectivity index (χ0n) is 13.3. The molecule has 2 N–H and O–H groups in total. The zero-order valence-corrected chi connectivity index (χ0v) is 13.3. The van der Waals surface area contributed by atoms with Crippen molar-refractivity contribution < 1.29 is 4.79 Å². The molecule has 5 heteroatoms. The molecule has 0 radical (unpaired) electrons. The maximum atomic E-state index is 12.1. The highest BCUT2D eigenvalue weighted by Gasteiger charge is 2.39. The third kappa shape index (κ3) is 4.17. The van der Waals surface area contributed by atoms with Crippen LogP contribution in [0.2, 0.25) is 0 Å². The fourth-order valence-electron chi connectivity index (χ4n) is 2.96. The van der Waals surface area contributed by atoms with Crippen molar-refractivity contribution in [2.75, 3.05) is 18.4 Å². The lowest BCUT2D eigenvalue weighted by Crippen LogP contribution is -2.18. The Kier molecular flexibility index (Phi) is 4.73. The summed E-state index contributed by atoms with van der Waals surface area (Å²) in [6, 6.07) is 6.21. The van der Waals surface area contributed by atoms with Crippen molar-refractivity contribution >= 4 is 11.6 Å². The minimum Gasteiger partial charge on any atom is -0.326 e. The molecule has 0 spiro atoms. The van der Waals surface area contributed by atoms with E-state index in [1.807, 2.05) is 6.07 Å². The molecule has 0 fully saturated rings. The van der Waals surface area contributed by atoms with Crippen LogP contribution in [0, 0.1) is 12.3 Å². The van der Waals surface area contributed by atoms with Crippen molar-refractivity contribution in [1.82, 2.24) is 5.32 Å². The van der Waals surface area contributed by atoms with E-state index in [-0.39, 0.29) is 11.6 Å². The molecule has 3 rings (SSSR count). The van der Waals surface area contributed by atoms with Gasteiger partial charge < -0.3 is 10.6 Å². The van der Waals surface area contributed by atoms with Crippen molar-refractivity contribution in [2.24, 2.45) is 10.2 Å². The van der Waals surface area contributed by atoms with Crippen LogP contribution in [-0.2, 0) is 17.6 Å². The van der Waals surface area contributed by atoms with Gasteiger partial charge in [-0.2, -0.15) is 10.2 Å². The lowest BCUT2D eigenvalue weighted by Gasteiger charge is -2.11. The van der Waals surface area contributed by atoms with E-state index in [2.05, 4.69) is 38.9 Å². The molecule has 0 atom stereocenters.